The molecule has 8 heteroatoms. The van der Waals surface area contributed by atoms with Gasteiger partial charge in [0.15, 0.2) is 11.9 Å². The van der Waals surface area contributed by atoms with Gasteiger partial charge in [-0.2, -0.15) is 13.2 Å². The largest absolute Gasteiger partial charge is 0.464 e. The normalized spacial score (nSPS) is 14.4. The Kier molecular flexibility index (Phi) is 4.00. The van der Waals surface area contributed by atoms with Gasteiger partial charge in [-0.25, -0.2) is 4.98 Å². The minimum Gasteiger partial charge on any atom is -0.464 e. The SMILES string of the molecule is Cc1ccc(C(N)=NO)c(OC(C)C(F)(F)F)n1. The minimum absolute atomic E-state index is 0.000741. The van der Waals surface area contributed by atoms with Crippen molar-refractivity contribution in [2.45, 2.75) is 26.1 Å². The van der Waals surface area contributed by atoms with Crippen LogP contribution in [0.25, 0.3) is 0 Å². The van der Waals surface area contributed by atoms with Crippen LogP contribution in [0.4, 0.5) is 13.2 Å². The summed E-state index contributed by atoms with van der Waals surface area (Å²) in [5, 5.41) is 11.2. The van der Waals surface area contributed by atoms with Gasteiger partial charge in [0, 0.05) is 5.69 Å². The number of nitrogens with zero attached hydrogens (tertiary/aromatic N) is 2. The van der Waals surface area contributed by atoms with E-state index in [1.807, 2.05) is 0 Å². The number of nitrogens with two attached hydrogens (primary N) is 1. The minimum atomic E-state index is -4.52. The van der Waals surface area contributed by atoms with E-state index >= 15 is 0 Å². The van der Waals surface area contributed by atoms with Gasteiger partial charge in [-0.1, -0.05) is 5.16 Å². The van der Waals surface area contributed by atoms with E-state index in [-0.39, 0.29) is 17.3 Å². The van der Waals surface area contributed by atoms with Crippen molar-refractivity contribution >= 4 is 5.84 Å². The van der Waals surface area contributed by atoms with Gasteiger partial charge in [-0.15, -0.1) is 0 Å². The third-order valence-electron chi connectivity index (χ3n) is 2.13. The summed E-state index contributed by atoms with van der Waals surface area (Å²) >= 11 is 0. The highest BCUT2D eigenvalue weighted by atomic mass is 19.4. The zero-order chi connectivity index (χ0) is 13.9. The summed E-state index contributed by atoms with van der Waals surface area (Å²) in [5.74, 6) is -0.693. The second kappa shape index (κ2) is 5.11. The van der Waals surface area contributed by atoms with Gasteiger partial charge in [-0.3, -0.25) is 0 Å². The summed E-state index contributed by atoms with van der Waals surface area (Å²) in [6, 6.07) is 2.88. The van der Waals surface area contributed by atoms with E-state index in [1.54, 1.807) is 6.92 Å². The van der Waals surface area contributed by atoms with Gasteiger partial charge in [0.05, 0.1) is 5.56 Å². The lowest BCUT2D eigenvalue weighted by atomic mass is 10.2. The van der Waals surface area contributed by atoms with Gasteiger partial charge in [0.25, 0.3) is 0 Å². The Bertz CT molecular complexity index is 460. The molecule has 100 valence electrons. The first-order chi connectivity index (χ1) is 8.25. The lowest BCUT2D eigenvalue weighted by Crippen LogP contribution is -2.32. The molecule has 1 aromatic rings. The van der Waals surface area contributed by atoms with Crippen LogP contribution in [0.3, 0.4) is 0 Å². The van der Waals surface area contributed by atoms with Crippen LogP contribution in [-0.4, -0.2) is 28.3 Å². The van der Waals surface area contributed by atoms with Crippen LogP contribution in [0.2, 0.25) is 0 Å². The first-order valence-electron chi connectivity index (χ1n) is 4.94. The highest BCUT2D eigenvalue weighted by Crippen LogP contribution is 2.26. The standard InChI is InChI=1S/C10H12F3N3O2/c1-5-3-4-7(8(14)16-17)9(15-5)18-6(2)10(11,12)13/h3-4,6,17H,1-2H3,(H2,14,16). The lowest BCUT2D eigenvalue weighted by Gasteiger charge is -2.18. The number of hydrogen-bond acceptors (Lipinski definition) is 4. The molecular weight excluding hydrogens is 251 g/mol. The molecule has 0 aliphatic rings. The first-order valence-corrected chi connectivity index (χ1v) is 4.94. The molecule has 3 N–H and O–H groups in total. The second-order valence-electron chi connectivity index (χ2n) is 3.59. The average molecular weight is 263 g/mol. The molecule has 1 rings (SSSR count). The van der Waals surface area contributed by atoms with Crippen molar-refractivity contribution < 1.29 is 23.1 Å². The number of halogens is 3. The third-order valence-corrected chi connectivity index (χ3v) is 2.13. The number of oxime groups is 1. The van der Waals surface area contributed by atoms with Crippen LogP contribution >= 0.6 is 0 Å². The molecule has 0 aromatic carbocycles. The van der Waals surface area contributed by atoms with Crippen molar-refractivity contribution in [3.8, 4) is 5.88 Å². The van der Waals surface area contributed by atoms with E-state index in [2.05, 4.69) is 10.1 Å². The van der Waals surface area contributed by atoms with Gasteiger partial charge >= 0.3 is 6.18 Å². The molecule has 0 aliphatic heterocycles. The van der Waals surface area contributed by atoms with Crippen LogP contribution in [-0.2, 0) is 0 Å². The van der Waals surface area contributed by atoms with Crippen LogP contribution in [0, 0.1) is 6.92 Å². The van der Waals surface area contributed by atoms with Crippen LogP contribution < -0.4 is 10.5 Å². The number of rotatable bonds is 3. The molecule has 0 bridgehead atoms. The van der Waals surface area contributed by atoms with Crippen molar-refractivity contribution in [3.05, 3.63) is 23.4 Å². The molecule has 1 heterocycles. The molecule has 0 saturated heterocycles. The molecule has 0 amide bonds. The Morgan fingerprint density at radius 1 is 1.50 bits per heavy atom. The number of ether oxygens (including phenoxy) is 1. The van der Waals surface area contributed by atoms with Gasteiger partial charge in [-0.05, 0) is 26.0 Å². The number of amidine groups is 1. The predicted molar refractivity (Wildman–Crippen MR) is 57.6 cm³/mol. The smallest absolute Gasteiger partial charge is 0.425 e. The summed E-state index contributed by atoms with van der Waals surface area (Å²) < 4.78 is 41.9. The molecule has 0 saturated carbocycles. The van der Waals surface area contributed by atoms with E-state index < -0.39 is 12.3 Å². The van der Waals surface area contributed by atoms with E-state index in [9.17, 15) is 13.2 Å². The fraction of sp³-hybridized carbons (Fsp3) is 0.400. The molecule has 0 spiro atoms. The predicted octanol–water partition coefficient (Wildman–Crippen LogP) is 1.81. The maximum atomic E-state index is 12.4. The Labute approximate surface area is 101 Å². The lowest BCUT2D eigenvalue weighted by molar-refractivity contribution is -0.190. The second-order valence-corrected chi connectivity index (χ2v) is 3.59. The maximum Gasteiger partial charge on any atom is 0.425 e. The summed E-state index contributed by atoms with van der Waals surface area (Å²) in [7, 11) is 0. The van der Waals surface area contributed by atoms with Gasteiger partial charge in [0.2, 0.25) is 5.88 Å². The fourth-order valence-corrected chi connectivity index (χ4v) is 1.11. The zero-order valence-corrected chi connectivity index (χ0v) is 9.69. The van der Waals surface area contributed by atoms with Crippen LogP contribution in [0.5, 0.6) is 5.88 Å². The van der Waals surface area contributed by atoms with Gasteiger partial charge in [0.1, 0.15) is 0 Å². The average Bonchev–Trinajstić information content (AvgIpc) is 2.27. The summed E-state index contributed by atoms with van der Waals surface area (Å²) in [4.78, 5) is 3.80. The van der Waals surface area contributed by atoms with Crippen molar-refractivity contribution in [1.29, 1.82) is 0 Å². The van der Waals surface area contributed by atoms with E-state index in [1.165, 1.54) is 12.1 Å². The Balaban J connectivity index is 3.11. The molecule has 18 heavy (non-hydrogen) atoms. The third kappa shape index (κ3) is 3.25. The quantitative estimate of drug-likeness (QED) is 0.377. The highest BCUT2D eigenvalue weighted by Gasteiger charge is 2.38. The highest BCUT2D eigenvalue weighted by molar-refractivity contribution is 5.99. The van der Waals surface area contributed by atoms with Crippen molar-refractivity contribution in [1.82, 2.24) is 4.98 Å². The van der Waals surface area contributed by atoms with E-state index in [0.717, 1.165) is 6.92 Å². The van der Waals surface area contributed by atoms with Crippen molar-refractivity contribution in [2.24, 2.45) is 10.9 Å². The van der Waals surface area contributed by atoms with Crippen molar-refractivity contribution in [3.63, 3.8) is 0 Å². The number of pyridine rings is 1. The molecular formula is C10H12F3N3O2. The summed E-state index contributed by atoms with van der Waals surface area (Å²) in [5.41, 5.74) is 5.78. The monoisotopic (exact) mass is 263 g/mol. The molecule has 0 radical (unpaired) electrons. The molecule has 1 unspecified atom stereocenters. The molecule has 0 fully saturated rings. The maximum absolute atomic E-state index is 12.4. The first kappa shape index (κ1) is 14.1. The van der Waals surface area contributed by atoms with Gasteiger partial charge < -0.3 is 15.7 Å². The number of aromatic nitrogens is 1. The Morgan fingerprint density at radius 3 is 2.61 bits per heavy atom. The fourth-order valence-electron chi connectivity index (χ4n) is 1.11. The summed E-state index contributed by atoms with van der Waals surface area (Å²) in [6.45, 7) is 2.43. The number of hydrogen-bond donors (Lipinski definition) is 2. The van der Waals surface area contributed by atoms with Crippen LogP contribution in [0.1, 0.15) is 18.2 Å². The van der Waals surface area contributed by atoms with E-state index in [4.69, 9.17) is 15.7 Å². The Hall–Kier alpha value is -1.99. The Morgan fingerprint density at radius 2 is 2.11 bits per heavy atom. The van der Waals surface area contributed by atoms with Crippen molar-refractivity contribution in [2.75, 3.05) is 0 Å². The van der Waals surface area contributed by atoms with Crippen LogP contribution in [0.15, 0.2) is 17.3 Å². The molecule has 1 aromatic heterocycles. The topological polar surface area (TPSA) is 80.7 Å². The molecule has 1 atom stereocenters. The summed E-state index contributed by atoms with van der Waals surface area (Å²) in [6.07, 6.45) is -6.56. The van der Waals surface area contributed by atoms with E-state index in [0.29, 0.717) is 5.69 Å². The number of aryl methyl sites for hydroxylation is 1. The zero-order valence-electron chi connectivity index (χ0n) is 9.69. The molecule has 0 aliphatic carbocycles. The molecule has 5 nitrogen and oxygen atoms in total. The number of alkyl halides is 3.